The Kier molecular flexibility index (Phi) is 7.41. The number of ether oxygens (including phenoxy) is 3. The Bertz CT molecular complexity index is 339. The normalized spacial score (nSPS) is 10.6. The molecule has 4 nitrogen and oxygen atoms in total. The van der Waals surface area contributed by atoms with Gasteiger partial charge in [0.25, 0.3) is 0 Å². The summed E-state index contributed by atoms with van der Waals surface area (Å²) in [5, 5.41) is 8.49. The summed E-state index contributed by atoms with van der Waals surface area (Å²) in [7, 11) is 0. The monoisotopic (exact) mass is 254 g/mol. The van der Waals surface area contributed by atoms with E-state index < -0.39 is 0 Å². The van der Waals surface area contributed by atoms with E-state index in [0.717, 1.165) is 5.75 Å². The van der Waals surface area contributed by atoms with Gasteiger partial charge in [-0.2, -0.15) is 0 Å². The van der Waals surface area contributed by atoms with Crippen LogP contribution in [0.4, 0.5) is 0 Å². The summed E-state index contributed by atoms with van der Waals surface area (Å²) in [6, 6.07) is 6.04. The molecule has 0 fully saturated rings. The molecule has 0 aliphatic heterocycles. The molecule has 0 unspecified atom stereocenters. The molecule has 1 N–H and O–H groups in total. The zero-order valence-electron chi connectivity index (χ0n) is 11.1. The quantitative estimate of drug-likeness (QED) is 0.681. The van der Waals surface area contributed by atoms with Crippen LogP contribution in [0.5, 0.6) is 5.75 Å². The van der Waals surface area contributed by atoms with Crippen LogP contribution in [-0.2, 0) is 9.47 Å². The van der Waals surface area contributed by atoms with Gasteiger partial charge in [-0.15, -0.1) is 0 Å². The molecule has 1 aromatic rings. The van der Waals surface area contributed by atoms with Gasteiger partial charge in [0.05, 0.1) is 33.0 Å². The highest BCUT2D eigenvalue weighted by atomic mass is 16.5. The standard InChI is InChI=1S/C14H22O4/c1-12-3-4-14(11-13(12)2)18-10-9-17-8-7-16-6-5-15/h3-4,11,15H,5-10H2,1-2H3. The Balaban J connectivity index is 2.05. The first-order valence-electron chi connectivity index (χ1n) is 6.20. The van der Waals surface area contributed by atoms with Gasteiger partial charge in [-0.3, -0.25) is 0 Å². The van der Waals surface area contributed by atoms with Gasteiger partial charge in [0.15, 0.2) is 0 Å². The number of hydrogen-bond acceptors (Lipinski definition) is 4. The third kappa shape index (κ3) is 6.00. The van der Waals surface area contributed by atoms with E-state index in [0.29, 0.717) is 33.0 Å². The Morgan fingerprint density at radius 1 is 0.889 bits per heavy atom. The minimum atomic E-state index is 0.0515. The van der Waals surface area contributed by atoms with E-state index in [1.807, 2.05) is 18.2 Å². The number of rotatable bonds is 9. The SMILES string of the molecule is Cc1ccc(OCCOCCOCCO)cc1C. The molecule has 102 valence electrons. The fourth-order valence-electron chi connectivity index (χ4n) is 1.41. The molecule has 4 heteroatoms. The van der Waals surface area contributed by atoms with E-state index >= 15 is 0 Å². The number of aryl methyl sites for hydroxylation is 2. The summed E-state index contributed by atoms with van der Waals surface area (Å²) < 4.78 is 15.9. The van der Waals surface area contributed by atoms with Crippen molar-refractivity contribution in [2.75, 3.05) is 39.6 Å². The van der Waals surface area contributed by atoms with E-state index in [1.165, 1.54) is 11.1 Å². The van der Waals surface area contributed by atoms with Gasteiger partial charge in [0.1, 0.15) is 12.4 Å². The average molecular weight is 254 g/mol. The van der Waals surface area contributed by atoms with Crippen molar-refractivity contribution < 1.29 is 19.3 Å². The predicted octanol–water partition coefficient (Wildman–Crippen LogP) is 1.71. The zero-order chi connectivity index (χ0) is 13.2. The molecular formula is C14H22O4. The second-order valence-electron chi connectivity index (χ2n) is 4.04. The molecule has 0 bridgehead atoms. The van der Waals surface area contributed by atoms with Crippen molar-refractivity contribution in [2.45, 2.75) is 13.8 Å². The molecule has 18 heavy (non-hydrogen) atoms. The zero-order valence-corrected chi connectivity index (χ0v) is 11.1. The molecular weight excluding hydrogens is 232 g/mol. The van der Waals surface area contributed by atoms with Crippen molar-refractivity contribution in [2.24, 2.45) is 0 Å². The van der Waals surface area contributed by atoms with E-state index in [4.69, 9.17) is 19.3 Å². The van der Waals surface area contributed by atoms with Crippen molar-refractivity contribution in [1.82, 2.24) is 0 Å². The third-order valence-corrected chi connectivity index (χ3v) is 2.58. The maximum absolute atomic E-state index is 8.49. The molecule has 0 aliphatic carbocycles. The fraction of sp³-hybridized carbons (Fsp3) is 0.571. The van der Waals surface area contributed by atoms with Crippen molar-refractivity contribution in [3.63, 3.8) is 0 Å². The molecule has 0 atom stereocenters. The number of aliphatic hydroxyl groups excluding tert-OH is 1. The van der Waals surface area contributed by atoms with Crippen molar-refractivity contribution >= 4 is 0 Å². The van der Waals surface area contributed by atoms with Crippen LogP contribution >= 0.6 is 0 Å². The van der Waals surface area contributed by atoms with Crippen LogP contribution in [0.2, 0.25) is 0 Å². The second kappa shape index (κ2) is 8.91. The molecule has 0 aliphatic rings. The van der Waals surface area contributed by atoms with Gasteiger partial charge in [-0.25, -0.2) is 0 Å². The van der Waals surface area contributed by atoms with Gasteiger partial charge in [-0.1, -0.05) is 6.07 Å². The van der Waals surface area contributed by atoms with Gasteiger partial charge in [0, 0.05) is 0 Å². The molecule has 1 rings (SSSR count). The first-order chi connectivity index (χ1) is 8.74. The van der Waals surface area contributed by atoms with Crippen LogP contribution < -0.4 is 4.74 Å². The molecule has 1 aromatic carbocycles. The van der Waals surface area contributed by atoms with Crippen LogP contribution in [0, 0.1) is 13.8 Å². The van der Waals surface area contributed by atoms with Gasteiger partial charge >= 0.3 is 0 Å². The highest BCUT2D eigenvalue weighted by Gasteiger charge is 1.97. The maximum Gasteiger partial charge on any atom is 0.119 e. The van der Waals surface area contributed by atoms with Crippen molar-refractivity contribution in [3.8, 4) is 5.75 Å². The second-order valence-corrected chi connectivity index (χ2v) is 4.04. The first-order valence-corrected chi connectivity index (χ1v) is 6.20. The van der Waals surface area contributed by atoms with Gasteiger partial charge in [0.2, 0.25) is 0 Å². The van der Waals surface area contributed by atoms with Crippen LogP contribution in [0.15, 0.2) is 18.2 Å². The Labute approximate surface area is 108 Å². The van der Waals surface area contributed by atoms with E-state index in [1.54, 1.807) is 0 Å². The van der Waals surface area contributed by atoms with Crippen LogP contribution in [-0.4, -0.2) is 44.7 Å². The molecule has 0 saturated carbocycles. The topological polar surface area (TPSA) is 47.9 Å². The minimum absolute atomic E-state index is 0.0515. The fourth-order valence-corrected chi connectivity index (χ4v) is 1.41. The van der Waals surface area contributed by atoms with Gasteiger partial charge in [-0.05, 0) is 37.1 Å². The Hall–Kier alpha value is -1.10. The lowest BCUT2D eigenvalue weighted by atomic mass is 10.1. The number of aliphatic hydroxyl groups is 1. The molecule has 0 saturated heterocycles. The van der Waals surface area contributed by atoms with Crippen LogP contribution in [0.1, 0.15) is 11.1 Å². The molecule has 0 aromatic heterocycles. The summed E-state index contributed by atoms with van der Waals surface area (Å²) >= 11 is 0. The number of benzene rings is 1. The first kappa shape index (κ1) is 15.0. The molecule has 0 heterocycles. The Morgan fingerprint density at radius 2 is 1.56 bits per heavy atom. The molecule has 0 amide bonds. The predicted molar refractivity (Wildman–Crippen MR) is 70.1 cm³/mol. The van der Waals surface area contributed by atoms with E-state index in [9.17, 15) is 0 Å². The van der Waals surface area contributed by atoms with Crippen LogP contribution in [0.3, 0.4) is 0 Å². The average Bonchev–Trinajstić information content (AvgIpc) is 2.37. The molecule has 0 radical (unpaired) electrons. The third-order valence-electron chi connectivity index (χ3n) is 2.58. The highest BCUT2D eigenvalue weighted by molar-refractivity contribution is 5.33. The lowest BCUT2D eigenvalue weighted by Gasteiger charge is -2.09. The molecule has 0 spiro atoms. The number of hydrogen-bond donors (Lipinski definition) is 1. The largest absolute Gasteiger partial charge is 0.491 e. The lowest BCUT2D eigenvalue weighted by molar-refractivity contribution is 0.0247. The van der Waals surface area contributed by atoms with Crippen LogP contribution in [0.25, 0.3) is 0 Å². The minimum Gasteiger partial charge on any atom is -0.491 e. The maximum atomic E-state index is 8.49. The van der Waals surface area contributed by atoms with E-state index in [2.05, 4.69) is 13.8 Å². The summed E-state index contributed by atoms with van der Waals surface area (Å²) in [4.78, 5) is 0. The van der Waals surface area contributed by atoms with Crippen molar-refractivity contribution in [1.29, 1.82) is 0 Å². The Morgan fingerprint density at radius 3 is 2.22 bits per heavy atom. The summed E-state index contributed by atoms with van der Waals surface area (Å²) in [6.07, 6.45) is 0. The lowest BCUT2D eigenvalue weighted by Crippen LogP contribution is -2.12. The summed E-state index contributed by atoms with van der Waals surface area (Å²) in [5.41, 5.74) is 2.49. The van der Waals surface area contributed by atoms with E-state index in [-0.39, 0.29) is 6.61 Å². The summed E-state index contributed by atoms with van der Waals surface area (Å²) in [5.74, 6) is 0.873. The highest BCUT2D eigenvalue weighted by Crippen LogP contribution is 2.16. The summed E-state index contributed by atoms with van der Waals surface area (Å²) in [6.45, 7) is 6.66. The van der Waals surface area contributed by atoms with Gasteiger partial charge < -0.3 is 19.3 Å². The van der Waals surface area contributed by atoms with Crippen molar-refractivity contribution in [3.05, 3.63) is 29.3 Å². The smallest absolute Gasteiger partial charge is 0.119 e.